The molecule has 2 aromatic rings. The predicted molar refractivity (Wildman–Crippen MR) is 118 cm³/mol. The Morgan fingerprint density at radius 2 is 1.65 bits per heavy atom. The molecule has 1 amide bonds. The number of anilines is 1. The second-order valence-electron chi connectivity index (χ2n) is 7.73. The van der Waals surface area contributed by atoms with Crippen molar-refractivity contribution in [3.8, 4) is 11.5 Å². The van der Waals surface area contributed by atoms with Crippen molar-refractivity contribution in [2.45, 2.75) is 20.8 Å². The topological polar surface area (TPSA) is 90.9 Å². The molecule has 0 unspecified atom stereocenters. The van der Waals surface area contributed by atoms with Crippen LogP contribution in [0.1, 0.15) is 36.7 Å². The van der Waals surface area contributed by atoms with E-state index < -0.39 is 18.0 Å². The maximum absolute atomic E-state index is 12.3. The number of hydrogen-bond donors (Lipinski definition) is 1. The Morgan fingerprint density at radius 3 is 2.23 bits per heavy atom. The molecule has 31 heavy (non-hydrogen) atoms. The monoisotopic (exact) mass is 425 g/mol. The van der Waals surface area contributed by atoms with Crippen molar-refractivity contribution in [2.24, 2.45) is 5.41 Å². The minimum atomic E-state index is -0.660. The van der Waals surface area contributed by atoms with Gasteiger partial charge in [0.2, 0.25) is 5.91 Å². The molecule has 1 N–H and O–H groups in total. The molecule has 0 radical (unpaired) electrons. The zero-order chi connectivity index (χ0) is 23.0. The molecule has 0 aliphatic heterocycles. The predicted octanol–water partition coefficient (Wildman–Crippen LogP) is 4.13. The van der Waals surface area contributed by atoms with Crippen molar-refractivity contribution in [2.75, 3.05) is 26.1 Å². The SMILES string of the molecule is COc1cccc(/C=C/C(=O)OCC(=O)c2ccc(NC(=O)C(C)(C)C)cc2)c1OC. The van der Waals surface area contributed by atoms with Crippen LogP contribution < -0.4 is 14.8 Å². The number of Topliss-reactive ketones (excluding diaryl/α,β-unsaturated/α-hetero) is 1. The molecule has 0 saturated carbocycles. The largest absolute Gasteiger partial charge is 0.493 e. The molecule has 0 bridgehead atoms. The molecular formula is C24H27NO6. The lowest BCUT2D eigenvalue weighted by molar-refractivity contribution is -0.136. The van der Waals surface area contributed by atoms with E-state index >= 15 is 0 Å². The molecular weight excluding hydrogens is 398 g/mol. The number of methoxy groups -OCH3 is 2. The second kappa shape index (κ2) is 10.4. The van der Waals surface area contributed by atoms with Gasteiger partial charge < -0.3 is 19.5 Å². The van der Waals surface area contributed by atoms with E-state index in [1.54, 1.807) is 42.5 Å². The number of para-hydroxylation sites is 1. The zero-order valence-corrected chi connectivity index (χ0v) is 18.4. The van der Waals surface area contributed by atoms with Gasteiger partial charge in [-0.25, -0.2) is 4.79 Å². The minimum Gasteiger partial charge on any atom is -0.493 e. The number of hydrogen-bond acceptors (Lipinski definition) is 6. The van der Waals surface area contributed by atoms with E-state index in [-0.39, 0.29) is 11.7 Å². The first-order valence-electron chi connectivity index (χ1n) is 9.66. The number of nitrogens with one attached hydrogen (secondary N) is 1. The van der Waals surface area contributed by atoms with Crippen LogP contribution >= 0.6 is 0 Å². The van der Waals surface area contributed by atoms with Gasteiger partial charge in [-0.15, -0.1) is 0 Å². The highest BCUT2D eigenvalue weighted by molar-refractivity contribution is 6.00. The fourth-order valence-corrected chi connectivity index (χ4v) is 2.53. The molecule has 164 valence electrons. The third-order valence-corrected chi connectivity index (χ3v) is 4.32. The first-order chi connectivity index (χ1) is 14.7. The number of ketones is 1. The third-order valence-electron chi connectivity index (χ3n) is 4.32. The van der Waals surface area contributed by atoms with Crippen LogP contribution in [0.2, 0.25) is 0 Å². The van der Waals surface area contributed by atoms with Crippen LogP contribution in [-0.4, -0.2) is 38.5 Å². The summed E-state index contributed by atoms with van der Waals surface area (Å²) in [6.07, 6.45) is 2.75. The summed E-state index contributed by atoms with van der Waals surface area (Å²) in [5.41, 5.74) is 1.08. The quantitative estimate of drug-likeness (QED) is 0.389. The van der Waals surface area contributed by atoms with Gasteiger partial charge in [-0.05, 0) is 36.4 Å². The van der Waals surface area contributed by atoms with E-state index in [0.29, 0.717) is 28.3 Å². The highest BCUT2D eigenvalue weighted by atomic mass is 16.5. The Kier molecular flexibility index (Phi) is 7.96. The van der Waals surface area contributed by atoms with Crippen LogP contribution in [-0.2, 0) is 14.3 Å². The van der Waals surface area contributed by atoms with Gasteiger partial charge in [-0.3, -0.25) is 9.59 Å². The van der Waals surface area contributed by atoms with Crippen molar-refractivity contribution < 1.29 is 28.6 Å². The van der Waals surface area contributed by atoms with E-state index in [4.69, 9.17) is 14.2 Å². The Morgan fingerprint density at radius 1 is 0.968 bits per heavy atom. The number of carbonyl (C=O) groups excluding carboxylic acids is 3. The molecule has 7 heteroatoms. The summed E-state index contributed by atoms with van der Waals surface area (Å²) in [5.74, 6) is -0.110. The van der Waals surface area contributed by atoms with Crippen molar-refractivity contribution >= 4 is 29.4 Å². The number of amides is 1. The molecule has 0 aromatic heterocycles. The molecule has 0 saturated heterocycles. The molecule has 7 nitrogen and oxygen atoms in total. The lowest BCUT2D eigenvalue weighted by atomic mass is 9.95. The second-order valence-corrected chi connectivity index (χ2v) is 7.73. The normalized spacial score (nSPS) is 11.1. The summed E-state index contributed by atoms with van der Waals surface area (Å²) in [6.45, 7) is 5.04. The Hall–Kier alpha value is -3.61. The van der Waals surface area contributed by atoms with E-state index in [9.17, 15) is 14.4 Å². The first kappa shape index (κ1) is 23.7. The number of rotatable bonds is 8. The number of benzene rings is 2. The van der Waals surface area contributed by atoms with Crippen molar-refractivity contribution in [3.05, 3.63) is 59.7 Å². The van der Waals surface area contributed by atoms with Gasteiger partial charge in [0.05, 0.1) is 14.2 Å². The number of esters is 1. The molecule has 0 heterocycles. The van der Waals surface area contributed by atoms with Crippen LogP contribution in [0.15, 0.2) is 48.5 Å². The standard InChI is InChI=1S/C24H27NO6/c1-24(2,3)23(28)25-18-12-9-16(10-13-18)19(26)15-31-21(27)14-11-17-7-6-8-20(29-4)22(17)30-5/h6-14H,15H2,1-5H3,(H,25,28)/b14-11+. The maximum Gasteiger partial charge on any atom is 0.331 e. The van der Waals surface area contributed by atoms with Gasteiger partial charge >= 0.3 is 5.97 Å². The van der Waals surface area contributed by atoms with Crippen LogP contribution in [0.3, 0.4) is 0 Å². The molecule has 0 atom stereocenters. The molecule has 0 fully saturated rings. The highest BCUT2D eigenvalue weighted by Gasteiger charge is 2.21. The van der Waals surface area contributed by atoms with Crippen molar-refractivity contribution in [3.63, 3.8) is 0 Å². The summed E-state index contributed by atoms with van der Waals surface area (Å²) >= 11 is 0. The van der Waals surface area contributed by atoms with Gasteiger partial charge in [-0.1, -0.05) is 32.9 Å². The molecule has 0 spiro atoms. The smallest absolute Gasteiger partial charge is 0.331 e. The minimum absolute atomic E-state index is 0.125. The maximum atomic E-state index is 12.3. The molecule has 2 aromatic carbocycles. The van der Waals surface area contributed by atoms with Gasteiger partial charge in [0.1, 0.15) is 0 Å². The van der Waals surface area contributed by atoms with Gasteiger partial charge in [0, 0.05) is 28.3 Å². The highest BCUT2D eigenvalue weighted by Crippen LogP contribution is 2.31. The fourth-order valence-electron chi connectivity index (χ4n) is 2.53. The Labute approximate surface area is 182 Å². The average Bonchev–Trinajstić information content (AvgIpc) is 2.75. The van der Waals surface area contributed by atoms with Gasteiger partial charge in [-0.2, -0.15) is 0 Å². The molecule has 0 aliphatic rings. The Bertz CT molecular complexity index is 971. The molecule has 2 rings (SSSR count). The van der Waals surface area contributed by atoms with Crippen LogP contribution in [0.5, 0.6) is 11.5 Å². The number of ether oxygens (including phenoxy) is 3. The van der Waals surface area contributed by atoms with Crippen molar-refractivity contribution in [1.82, 2.24) is 0 Å². The van der Waals surface area contributed by atoms with E-state index in [1.807, 2.05) is 20.8 Å². The Balaban J connectivity index is 1.93. The summed E-state index contributed by atoms with van der Waals surface area (Å²) < 4.78 is 15.5. The van der Waals surface area contributed by atoms with Crippen molar-refractivity contribution in [1.29, 1.82) is 0 Å². The fraction of sp³-hybridized carbons (Fsp3) is 0.292. The zero-order valence-electron chi connectivity index (χ0n) is 18.4. The van der Waals surface area contributed by atoms with Gasteiger partial charge in [0.15, 0.2) is 23.9 Å². The number of carbonyl (C=O) groups is 3. The lowest BCUT2D eigenvalue weighted by Gasteiger charge is -2.17. The van der Waals surface area contributed by atoms with Gasteiger partial charge in [0.25, 0.3) is 0 Å². The summed E-state index contributed by atoms with van der Waals surface area (Å²) in [7, 11) is 3.03. The summed E-state index contributed by atoms with van der Waals surface area (Å²) in [5, 5.41) is 2.78. The van der Waals surface area contributed by atoms with E-state index in [2.05, 4.69) is 5.32 Å². The van der Waals surface area contributed by atoms with Crippen LogP contribution in [0, 0.1) is 5.41 Å². The first-order valence-corrected chi connectivity index (χ1v) is 9.66. The van der Waals surface area contributed by atoms with Crippen LogP contribution in [0.25, 0.3) is 6.08 Å². The van der Waals surface area contributed by atoms with E-state index in [0.717, 1.165) is 0 Å². The molecule has 0 aliphatic carbocycles. The summed E-state index contributed by atoms with van der Waals surface area (Å²) in [4.78, 5) is 36.3. The van der Waals surface area contributed by atoms with Crippen LogP contribution in [0.4, 0.5) is 5.69 Å². The summed E-state index contributed by atoms with van der Waals surface area (Å²) in [6, 6.07) is 11.7. The third kappa shape index (κ3) is 6.70. The van der Waals surface area contributed by atoms with E-state index in [1.165, 1.54) is 26.4 Å². The lowest BCUT2D eigenvalue weighted by Crippen LogP contribution is -2.27. The average molecular weight is 425 g/mol.